The maximum absolute atomic E-state index is 2.39. The van der Waals surface area contributed by atoms with E-state index in [1.807, 2.05) is 0 Å². The van der Waals surface area contributed by atoms with E-state index in [1.54, 1.807) is 0 Å². The summed E-state index contributed by atoms with van der Waals surface area (Å²) in [5.74, 6) is 0. The zero-order chi connectivity index (χ0) is 36.4. The molecule has 0 saturated carbocycles. The van der Waals surface area contributed by atoms with Crippen molar-refractivity contribution in [2.24, 2.45) is 0 Å². The number of hydrogen-bond acceptors (Lipinski definition) is 2. The van der Waals surface area contributed by atoms with Crippen LogP contribution in [0.4, 0.5) is 34.1 Å². The van der Waals surface area contributed by atoms with Crippen LogP contribution in [0.2, 0.25) is 0 Å². The quantitative estimate of drug-likeness (QED) is 0.146. The maximum Gasteiger partial charge on any atom is 0.0494 e. The molecule has 9 aromatic rings. The first-order valence-corrected chi connectivity index (χ1v) is 18.6. The molecule has 0 saturated heterocycles. The Morgan fingerprint density at radius 2 is 0.556 bits per heavy atom. The lowest BCUT2D eigenvalue weighted by molar-refractivity contribution is 1.20. The van der Waals surface area contributed by atoms with E-state index in [1.165, 1.54) is 54.9 Å². The molecule has 54 heavy (non-hydrogen) atoms. The molecule has 0 aromatic heterocycles. The lowest BCUT2D eigenvalue weighted by Crippen LogP contribution is -2.15. The number of anilines is 6. The topological polar surface area (TPSA) is 6.48 Å². The van der Waals surface area contributed by atoms with Gasteiger partial charge >= 0.3 is 0 Å². The highest BCUT2D eigenvalue weighted by Gasteiger charge is 2.21. The summed E-state index contributed by atoms with van der Waals surface area (Å²) in [4.78, 5) is 4.74. The van der Waals surface area contributed by atoms with E-state index in [0.717, 1.165) is 34.1 Å². The van der Waals surface area contributed by atoms with Crippen LogP contribution >= 0.6 is 0 Å². The second-order valence-corrected chi connectivity index (χ2v) is 13.9. The molecule has 9 aromatic carbocycles. The van der Waals surface area contributed by atoms with Gasteiger partial charge in [-0.2, -0.15) is 0 Å². The molecule has 0 aliphatic rings. The third kappa shape index (κ3) is 5.98. The molecule has 0 N–H and O–H groups in total. The van der Waals surface area contributed by atoms with Gasteiger partial charge in [0, 0.05) is 34.1 Å². The molecular weight excluding hydrogens is 653 g/mol. The molecule has 0 aliphatic heterocycles. The Labute approximate surface area is 317 Å². The first kappa shape index (κ1) is 33.0. The number of hydrogen-bond donors (Lipinski definition) is 0. The van der Waals surface area contributed by atoms with Crippen LogP contribution in [0.15, 0.2) is 206 Å². The zero-order valence-electron chi connectivity index (χ0n) is 30.5. The highest BCUT2D eigenvalue weighted by molar-refractivity contribution is 6.21. The summed E-state index contributed by atoms with van der Waals surface area (Å²) in [7, 11) is 0. The molecular formula is C52H40N2. The largest absolute Gasteiger partial charge is 0.310 e. The van der Waals surface area contributed by atoms with E-state index in [4.69, 9.17) is 0 Å². The Kier molecular flexibility index (Phi) is 8.70. The van der Waals surface area contributed by atoms with E-state index in [0.29, 0.717) is 0 Å². The second kappa shape index (κ2) is 14.3. The molecule has 0 unspecified atom stereocenters. The van der Waals surface area contributed by atoms with E-state index < -0.39 is 0 Å². The summed E-state index contributed by atoms with van der Waals surface area (Å²) in [6.45, 7) is 4.45. The zero-order valence-corrected chi connectivity index (χ0v) is 30.5. The first-order chi connectivity index (χ1) is 26.7. The Hall–Kier alpha value is -6.90. The van der Waals surface area contributed by atoms with E-state index >= 15 is 0 Å². The minimum Gasteiger partial charge on any atom is -0.310 e. The summed E-state index contributed by atoms with van der Waals surface area (Å²) in [6, 6.07) is 74.3. The van der Waals surface area contributed by atoms with Gasteiger partial charge in [0.05, 0.1) is 0 Å². The van der Waals surface area contributed by atoms with Gasteiger partial charge in [0.2, 0.25) is 0 Å². The van der Waals surface area contributed by atoms with Gasteiger partial charge in [-0.15, -0.1) is 0 Å². The Morgan fingerprint density at radius 3 is 0.907 bits per heavy atom. The molecule has 0 radical (unpaired) electrons. The molecule has 2 heteroatoms. The standard InChI is InChI=1S/C52H40N2/c1-37-36-50(38(2)35-49(37)53(41-21-9-4-10-22-41)42-23-11-5-12-24-42)54(43-25-13-6-14-26-43)44-33-31-40(32-34-44)52-47-29-17-15-27-45(47)51(39-19-7-3-8-20-39)46-28-16-18-30-48(46)52/h3-36H,1-2H3. The van der Waals surface area contributed by atoms with Crippen molar-refractivity contribution >= 4 is 55.7 Å². The molecule has 0 aliphatic carbocycles. The lowest BCUT2D eigenvalue weighted by Gasteiger charge is -2.31. The highest BCUT2D eigenvalue weighted by Crippen LogP contribution is 2.46. The van der Waals surface area contributed by atoms with Crippen LogP contribution in [0.3, 0.4) is 0 Å². The van der Waals surface area contributed by atoms with Gasteiger partial charge in [0.15, 0.2) is 0 Å². The SMILES string of the molecule is Cc1cc(N(c2ccccc2)c2ccc(-c3c4ccccc4c(-c4ccccc4)c4ccccc34)cc2)c(C)cc1N(c1ccccc1)c1ccccc1. The summed E-state index contributed by atoms with van der Waals surface area (Å²) >= 11 is 0. The minimum atomic E-state index is 1.11. The Bertz CT molecular complexity index is 2610. The van der Waals surface area contributed by atoms with Crippen LogP contribution in [0, 0.1) is 13.8 Å². The van der Waals surface area contributed by atoms with Crippen LogP contribution in [-0.4, -0.2) is 0 Å². The normalized spacial score (nSPS) is 11.1. The van der Waals surface area contributed by atoms with Crippen molar-refractivity contribution in [2.45, 2.75) is 13.8 Å². The summed E-state index contributed by atoms with van der Waals surface area (Å²) < 4.78 is 0. The summed E-state index contributed by atoms with van der Waals surface area (Å²) in [6.07, 6.45) is 0. The molecule has 0 fully saturated rings. The van der Waals surface area contributed by atoms with Crippen LogP contribution in [-0.2, 0) is 0 Å². The van der Waals surface area contributed by atoms with Gasteiger partial charge in [-0.25, -0.2) is 0 Å². The van der Waals surface area contributed by atoms with Crippen molar-refractivity contribution in [1.29, 1.82) is 0 Å². The van der Waals surface area contributed by atoms with Gasteiger partial charge < -0.3 is 9.80 Å². The number of para-hydroxylation sites is 3. The molecule has 0 bridgehead atoms. The molecule has 0 heterocycles. The fourth-order valence-corrected chi connectivity index (χ4v) is 7.99. The van der Waals surface area contributed by atoms with Gasteiger partial charge in [-0.3, -0.25) is 0 Å². The van der Waals surface area contributed by atoms with Crippen molar-refractivity contribution in [3.05, 3.63) is 217 Å². The Balaban J connectivity index is 1.18. The monoisotopic (exact) mass is 692 g/mol. The van der Waals surface area contributed by atoms with Crippen LogP contribution in [0.1, 0.15) is 11.1 Å². The number of benzene rings is 9. The summed E-state index contributed by atoms with van der Waals surface area (Å²) in [5.41, 5.74) is 14.2. The highest BCUT2D eigenvalue weighted by atomic mass is 15.2. The second-order valence-electron chi connectivity index (χ2n) is 13.9. The van der Waals surface area contributed by atoms with Gasteiger partial charge in [-0.05, 0) is 129 Å². The average Bonchev–Trinajstić information content (AvgIpc) is 3.23. The molecule has 0 spiro atoms. The molecule has 258 valence electrons. The predicted molar refractivity (Wildman–Crippen MR) is 231 cm³/mol. The van der Waals surface area contributed by atoms with E-state index in [2.05, 4.69) is 230 Å². The number of fused-ring (bicyclic) bond motifs is 2. The smallest absolute Gasteiger partial charge is 0.0494 e. The van der Waals surface area contributed by atoms with Gasteiger partial charge in [-0.1, -0.05) is 146 Å². The van der Waals surface area contributed by atoms with E-state index in [9.17, 15) is 0 Å². The fourth-order valence-electron chi connectivity index (χ4n) is 7.99. The van der Waals surface area contributed by atoms with Crippen molar-refractivity contribution in [3.8, 4) is 22.3 Å². The van der Waals surface area contributed by atoms with E-state index in [-0.39, 0.29) is 0 Å². The average molecular weight is 693 g/mol. The predicted octanol–water partition coefficient (Wildman–Crippen LogP) is 14.9. The Morgan fingerprint density at radius 1 is 0.278 bits per heavy atom. The fraction of sp³-hybridized carbons (Fsp3) is 0.0385. The van der Waals surface area contributed by atoms with Crippen LogP contribution < -0.4 is 9.80 Å². The lowest BCUT2D eigenvalue weighted by atomic mass is 9.86. The van der Waals surface area contributed by atoms with Crippen molar-refractivity contribution in [3.63, 3.8) is 0 Å². The number of nitrogens with zero attached hydrogens (tertiary/aromatic N) is 2. The molecule has 2 nitrogen and oxygen atoms in total. The summed E-state index contributed by atoms with van der Waals surface area (Å²) in [5, 5.41) is 5.04. The minimum absolute atomic E-state index is 1.11. The molecule has 9 rings (SSSR count). The maximum atomic E-state index is 2.39. The van der Waals surface area contributed by atoms with Gasteiger partial charge in [0.25, 0.3) is 0 Å². The van der Waals surface area contributed by atoms with Crippen LogP contribution in [0.25, 0.3) is 43.8 Å². The van der Waals surface area contributed by atoms with Crippen molar-refractivity contribution < 1.29 is 0 Å². The first-order valence-electron chi connectivity index (χ1n) is 18.6. The number of aryl methyl sites for hydroxylation is 2. The molecule has 0 atom stereocenters. The third-order valence-corrected chi connectivity index (χ3v) is 10.4. The molecule has 0 amide bonds. The van der Waals surface area contributed by atoms with Gasteiger partial charge in [0.1, 0.15) is 0 Å². The van der Waals surface area contributed by atoms with Crippen LogP contribution in [0.5, 0.6) is 0 Å². The van der Waals surface area contributed by atoms with Crippen molar-refractivity contribution in [2.75, 3.05) is 9.80 Å². The van der Waals surface area contributed by atoms with Crippen molar-refractivity contribution in [1.82, 2.24) is 0 Å². The number of rotatable bonds is 8. The third-order valence-electron chi connectivity index (χ3n) is 10.4.